The fourth-order valence-electron chi connectivity index (χ4n) is 6.31. The fraction of sp³-hybridized carbons (Fsp3) is 0.455. The van der Waals surface area contributed by atoms with Gasteiger partial charge in [0.1, 0.15) is 12.3 Å². The first-order valence-electron chi connectivity index (χ1n) is 15.3. The number of likely N-dealkylation sites (tertiary alicyclic amines) is 1. The maximum atomic E-state index is 13.5. The smallest absolute Gasteiger partial charge is 0.497 e. The van der Waals surface area contributed by atoms with E-state index in [-0.39, 0.29) is 35.2 Å². The second-order valence-corrected chi connectivity index (χ2v) is 11.9. The summed E-state index contributed by atoms with van der Waals surface area (Å²) in [5.74, 6) is -0.632. The molecule has 0 spiro atoms. The van der Waals surface area contributed by atoms with Crippen molar-refractivity contribution in [1.29, 1.82) is 0 Å². The summed E-state index contributed by atoms with van der Waals surface area (Å²) in [6.07, 6.45) is -1.92. The zero-order chi connectivity index (χ0) is 34.0. The Morgan fingerprint density at radius 1 is 0.957 bits per heavy atom. The highest BCUT2D eigenvalue weighted by atomic mass is 19.4. The van der Waals surface area contributed by atoms with Gasteiger partial charge >= 0.3 is 12.1 Å². The molecular weight excluding hydrogens is 621 g/mol. The van der Waals surface area contributed by atoms with Crippen LogP contribution in [-0.4, -0.2) is 77.0 Å². The number of aromatic nitrogens is 2. The van der Waals surface area contributed by atoms with Gasteiger partial charge in [0.2, 0.25) is 11.8 Å². The molecule has 5 rings (SSSR count). The lowest BCUT2D eigenvalue weighted by Gasteiger charge is -2.38. The average molecular weight is 659 g/mol. The van der Waals surface area contributed by atoms with Crippen LogP contribution in [0.3, 0.4) is 0 Å². The molecule has 0 radical (unpaired) electrons. The SMILES string of the molecule is COc1ccc2c(c1)CCN(C1CCN(C(=O)Cn3cc(-c4cccc(OC)c4OC(F)(F)F)c(=O)n(C(C)C)c3=O)CC1)C(=O)C2. The Morgan fingerprint density at radius 3 is 2.32 bits per heavy atom. The third-order valence-corrected chi connectivity index (χ3v) is 8.67. The van der Waals surface area contributed by atoms with E-state index in [1.165, 1.54) is 18.2 Å². The second kappa shape index (κ2) is 13.5. The lowest BCUT2D eigenvalue weighted by molar-refractivity contribution is -0.274. The maximum absolute atomic E-state index is 13.5. The molecule has 0 saturated carbocycles. The summed E-state index contributed by atoms with van der Waals surface area (Å²) in [4.78, 5) is 57.0. The van der Waals surface area contributed by atoms with Crippen LogP contribution in [0.2, 0.25) is 0 Å². The Bertz CT molecular complexity index is 1780. The van der Waals surface area contributed by atoms with E-state index in [2.05, 4.69) is 4.74 Å². The number of alkyl halides is 3. The summed E-state index contributed by atoms with van der Waals surface area (Å²) in [5.41, 5.74) is -0.0648. The van der Waals surface area contributed by atoms with E-state index >= 15 is 0 Å². The van der Waals surface area contributed by atoms with Crippen LogP contribution in [0.25, 0.3) is 11.1 Å². The van der Waals surface area contributed by atoms with Gasteiger partial charge in [0.05, 0.1) is 26.2 Å². The molecule has 2 aliphatic heterocycles. The molecule has 252 valence electrons. The molecule has 3 aromatic rings. The first-order valence-corrected chi connectivity index (χ1v) is 15.3. The summed E-state index contributed by atoms with van der Waals surface area (Å²) in [6.45, 7) is 3.97. The molecule has 1 saturated heterocycles. The lowest BCUT2D eigenvalue weighted by atomic mass is 10.0. The largest absolute Gasteiger partial charge is 0.573 e. The molecule has 11 nitrogen and oxygen atoms in total. The van der Waals surface area contributed by atoms with Crippen LogP contribution < -0.4 is 25.5 Å². The van der Waals surface area contributed by atoms with Crippen molar-refractivity contribution in [2.75, 3.05) is 33.9 Å². The van der Waals surface area contributed by atoms with E-state index in [1.54, 1.807) is 25.9 Å². The van der Waals surface area contributed by atoms with E-state index in [9.17, 15) is 32.3 Å². The molecule has 2 aromatic carbocycles. The van der Waals surface area contributed by atoms with Crippen LogP contribution in [0.15, 0.2) is 52.2 Å². The van der Waals surface area contributed by atoms with Gasteiger partial charge in [-0.1, -0.05) is 18.2 Å². The number of carbonyl (C=O) groups is 2. The van der Waals surface area contributed by atoms with Gasteiger partial charge in [0, 0.05) is 43.5 Å². The molecule has 2 amide bonds. The van der Waals surface area contributed by atoms with Crippen LogP contribution in [-0.2, 0) is 29.0 Å². The molecule has 14 heteroatoms. The van der Waals surface area contributed by atoms with Crippen molar-refractivity contribution in [3.63, 3.8) is 0 Å². The number of ether oxygens (including phenoxy) is 3. The number of hydrogen-bond acceptors (Lipinski definition) is 7. The van der Waals surface area contributed by atoms with Gasteiger partial charge in [-0.3, -0.25) is 23.5 Å². The number of para-hydroxylation sites is 1. The minimum atomic E-state index is -5.09. The number of piperidine rings is 1. The minimum Gasteiger partial charge on any atom is -0.497 e. The van der Waals surface area contributed by atoms with Crippen molar-refractivity contribution in [2.24, 2.45) is 0 Å². The highest BCUT2D eigenvalue weighted by Crippen LogP contribution is 2.40. The molecule has 0 bridgehead atoms. The first-order chi connectivity index (χ1) is 22.3. The van der Waals surface area contributed by atoms with Crippen molar-refractivity contribution >= 4 is 11.8 Å². The Hall–Kier alpha value is -4.75. The number of nitrogens with zero attached hydrogens (tertiary/aromatic N) is 4. The van der Waals surface area contributed by atoms with E-state index in [0.29, 0.717) is 38.9 Å². The van der Waals surface area contributed by atoms with Crippen molar-refractivity contribution in [2.45, 2.75) is 64.5 Å². The van der Waals surface area contributed by atoms with Gasteiger partial charge in [-0.15, -0.1) is 13.2 Å². The summed E-state index contributed by atoms with van der Waals surface area (Å²) < 4.78 is 56.7. The second-order valence-electron chi connectivity index (χ2n) is 11.9. The minimum absolute atomic E-state index is 0.0279. The number of fused-ring (bicyclic) bond motifs is 1. The number of carbonyl (C=O) groups excluding carboxylic acids is 2. The van der Waals surface area contributed by atoms with Crippen molar-refractivity contribution in [3.8, 4) is 28.4 Å². The Morgan fingerprint density at radius 2 is 1.68 bits per heavy atom. The highest BCUT2D eigenvalue weighted by molar-refractivity contribution is 5.80. The standard InChI is InChI=1S/C33H37F3N4O7/c1-20(2)40-31(43)26(25-6-5-7-27(46-4)30(25)47-33(34,35)36)18-38(32(40)44)19-29(42)37-13-11-23(12-14-37)39-15-10-22-16-24(45-3)9-8-21(22)17-28(39)41/h5-9,16,18,20,23H,10-15,17,19H2,1-4H3. The molecule has 2 aliphatic rings. The van der Waals surface area contributed by atoms with E-state index in [0.717, 1.165) is 39.3 Å². The number of benzene rings is 2. The van der Waals surface area contributed by atoms with Crippen molar-refractivity contribution in [3.05, 3.63) is 74.6 Å². The van der Waals surface area contributed by atoms with Crippen molar-refractivity contribution < 1.29 is 37.0 Å². The Labute approximate surface area is 269 Å². The molecule has 0 aliphatic carbocycles. The molecule has 3 heterocycles. The first kappa shape index (κ1) is 33.6. The van der Waals surface area contributed by atoms with E-state index in [1.807, 2.05) is 23.1 Å². The Balaban J connectivity index is 1.35. The average Bonchev–Trinajstić information content (AvgIpc) is 3.19. The van der Waals surface area contributed by atoms with Gasteiger partial charge in [0.25, 0.3) is 5.56 Å². The maximum Gasteiger partial charge on any atom is 0.573 e. The third-order valence-electron chi connectivity index (χ3n) is 8.67. The molecular formula is C33H37F3N4O7. The number of amides is 2. The van der Waals surface area contributed by atoms with Crippen LogP contribution in [0.5, 0.6) is 17.2 Å². The normalized spacial score (nSPS) is 15.8. The molecule has 0 unspecified atom stereocenters. The van der Waals surface area contributed by atoms with Crippen LogP contribution in [0.4, 0.5) is 13.2 Å². The number of rotatable bonds is 8. The van der Waals surface area contributed by atoms with Gasteiger partial charge in [-0.2, -0.15) is 0 Å². The monoisotopic (exact) mass is 658 g/mol. The Kier molecular flexibility index (Phi) is 9.68. The molecule has 0 atom stereocenters. The topological polar surface area (TPSA) is 112 Å². The fourth-order valence-corrected chi connectivity index (χ4v) is 6.31. The third kappa shape index (κ3) is 7.15. The number of methoxy groups -OCH3 is 2. The summed E-state index contributed by atoms with van der Waals surface area (Å²) in [5, 5.41) is 0. The van der Waals surface area contributed by atoms with E-state index < -0.39 is 41.9 Å². The zero-order valence-electron chi connectivity index (χ0n) is 26.6. The van der Waals surface area contributed by atoms with Crippen LogP contribution in [0, 0.1) is 0 Å². The van der Waals surface area contributed by atoms with E-state index in [4.69, 9.17) is 9.47 Å². The van der Waals surface area contributed by atoms with Crippen LogP contribution >= 0.6 is 0 Å². The number of halogens is 3. The summed E-state index contributed by atoms with van der Waals surface area (Å²) in [7, 11) is 2.77. The molecule has 1 aromatic heterocycles. The van der Waals surface area contributed by atoms with Crippen LogP contribution in [0.1, 0.15) is 43.9 Å². The summed E-state index contributed by atoms with van der Waals surface area (Å²) >= 11 is 0. The van der Waals surface area contributed by atoms with Gasteiger partial charge in [-0.25, -0.2) is 4.79 Å². The van der Waals surface area contributed by atoms with Crippen molar-refractivity contribution in [1.82, 2.24) is 18.9 Å². The quantitative estimate of drug-likeness (QED) is 0.362. The molecule has 1 fully saturated rings. The summed E-state index contributed by atoms with van der Waals surface area (Å²) in [6, 6.07) is 8.91. The van der Waals surface area contributed by atoms with Gasteiger partial charge < -0.3 is 24.0 Å². The van der Waals surface area contributed by atoms with Gasteiger partial charge in [-0.05, 0) is 62.4 Å². The zero-order valence-corrected chi connectivity index (χ0v) is 26.6. The molecule has 47 heavy (non-hydrogen) atoms. The highest BCUT2D eigenvalue weighted by Gasteiger charge is 2.35. The predicted molar refractivity (Wildman–Crippen MR) is 166 cm³/mol. The number of hydrogen-bond donors (Lipinski definition) is 0. The predicted octanol–water partition coefficient (Wildman–Crippen LogP) is 3.79. The molecule has 0 N–H and O–H groups in total. The van der Waals surface area contributed by atoms with Gasteiger partial charge in [0.15, 0.2) is 11.5 Å². The lowest BCUT2D eigenvalue weighted by Crippen LogP contribution is -2.50.